The molecule has 0 saturated carbocycles. The van der Waals surface area contributed by atoms with Crippen molar-refractivity contribution in [1.29, 1.82) is 0 Å². The largest absolute Gasteiger partial charge is 0.394 e. The Morgan fingerprint density at radius 3 is 2.74 bits per heavy atom. The van der Waals surface area contributed by atoms with Crippen LogP contribution >= 0.6 is 11.3 Å². The lowest BCUT2D eigenvalue weighted by atomic mass is 10.0. The van der Waals surface area contributed by atoms with Crippen LogP contribution in [0.3, 0.4) is 0 Å². The normalized spacial score (nSPS) is 11.8. The SMILES string of the molecule is C=CC(=O)Nc1cccc(-c2c(C)sc3ncnc(N[C@H](CO)c4ccccc4)c23)c1. The third-order valence-corrected chi connectivity index (χ3v) is 5.98. The van der Waals surface area contributed by atoms with Crippen LogP contribution in [-0.4, -0.2) is 27.6 Å². The van der Waals surface area contributed by atoms with Crippen molar-refractivity contribution in [3.05, 3.63) is 84.0 Å². The molecule has 1 atom stereocenters. The lowest BCUT2D eigenvalue weighted by molar-refractivity contribution is -0.111. The molecule has 31 heavy (non-hydrogen) atoms. The molecule has 0 saturated heterocycles. The molecule has 2 aromatic heterocycles. The quantitative estimate of drug-likeness (QED) is 0.362. The van der Waals surface area contributed by atoms with Crippen molar-refractivity contribution in [2.45, 2.75) is 13.0 Å². The summed E-state index contributed by atoms with van der Waals surface area (Å²) in [4.78, 5) is 22.6. The predicted octanol–water partition coefficient (Wildman–Crippen LogP) is 4.94. The van der Waals surface area contributed by atoms with E-state index in [1.165, 1.54) is 12.4 Å². The van der Waals surface area contributed by atoms with Crippen LogP contribution in [0.5, 0.6) is 0 Å². The number of benzene rings is 2. The number of nitrogens with zero attached hydrogens (tertiary/aromatic N) is 2. The topological polar surface area (TPSA) is 87.1 Å². The number of carbonyl (C=O) groups is 1. The fourth-order valence-electron chi connectivity index (χ4n) is 3.53. The van der Waals surface area contributed by atoms with Crippen molar-refractivity contribution >= 4 is 39.0 Å². The van der Waals surface area contributed by atoms with Crippen molar-refractivity contribution in [3.63, 3.8) is 0 Å². The second-order valence-corrected chi connectivity index (χ2v) is 8.20. The first-order valence-electron chi connectivity index (χ1n) is 9.81. The Kier molecular flexibility index (Phi) is 6.06. The number of aliphatic hydroxyl groups excluding tert-OH is 1. The number of rotatable bonds is 7. The Bertz CT molecular complexity index is 1240. The Morgan fingerprint density at radius 1 is 1.19 bits per heavy atom. The van der Waals surface area contributed by atoms with E-state index in [1.54, 1.807) is 11.3 Å². The highest BCUT2D eigenvalue weighted by atomic mass is 32.1. The van der Waals surface area contributed by atoms with Crippen LogP contribution < -0.4 is 10.6 Å². The van der Waals surface area contributed by atoms with Crippen molar-refractivity contribution in [2.75, 3.05) is 17.2 Å². The Labute approximate surface area is 184 Å². The lowest BCUT2D eigenvalue weighted by Crippen LogP contribution is -2.15. The molecule has 0 unspecified atom stereocenters. The minimum Gasteiger partial charge on any atom is -0.394 e. The van der Waals surface area contributed by atoms with Crippen LogP contribution in [-0.2, 0) is 4.79 Å². The molecular weight excluding hydrogens is 408 g/mol. The molecule has 3 N–H and O–H groups in total. The van der Waals surface area contributed by atoms with E-state index in [4.69, 9.17) is 0 Å². The van der Waals surface area contributed by atoms with Crippen LogP contribution in [0.15, 0.2) is 73.6 Å². The van der Waals surface area contributed by atoms with Crippen LogP contribution in [0, 0.1) is 6.92 Å². The fourth-order valence-corrected chi connectivity index (χ4v) is 4.54. The molecule has 4 aromatic rings. The van der Waals surface area contributed by atoms with Gasteiger partial charge in [0.25, 0.3) is 0 Å². The number of aliphatic hydroxyl groups is 1. The monoisotopic (exact) mass is 430 g/mol. The van der Waals surface area contributed by atoms with Gasteiger partial charge in [-0.1, -0.05) is 49.0 Å². The van der Waals surface area contributed by atoms with E-state index in [-0.39, 0.29) is 18.6 Å². The maximum absolute atomic E-state index is 11.7. The second-order valence-electron chi connectivity index (χ2n) is 7.00. The van der Waals surface area contributed by atoms with Gasteiger partial charge in [0.1, 0.15) is 17.0 Å². The molecule has 4 rings (SSSR count). The van der Waals surface area contributed by atoms with Gasteiger partial charge < -0.3 is 15.7 Å². The Balaban J connectivity index is 1.79. The van der Waals surface area contributed by atoms with Gasteiger partial charge in [-0.15, -0.1) is 11.3 Å². The molecule has 1 amide bonds. The van der Waals surface area contributed by atoms with E-state index in [2.05, 4.69) is 27.2 Å². The molecule has 0 bridgehead atoms. The molecule has 7 heteroatoms. The Morgan fingerprint density at radius 2 is 2.00 bits per heavy atom. The van der Waals surface area contributed by atoms with Crippen LogP contribution in [0.2, 0.25) is 0 Å². The van der Waals surface area contributed by atoms with Gasteiger partial charge in [0.15, 0.2) is 0 Å². The number of nitrogens with one attached hydrogen (secondary N) is 2. The molecule has 156 valence electrons. The molecule has 0 fully saturated rings. The number of carbonyl (C=O) groups excluding carboxylic acids is 1. The van der Waals surface area contributed by atoms with Crippen LogP contribution in [0.4, 0.5) is 11.5 Å². The van der Waals surface area contributed by atoms with Crippen molar-refractivity contribution in [3.8, 4) is 11.1 Å². The number of anilines is 2. The maximum Gasteiger partial charge on any atom is 0.247 e. The van der Waals surface area contributed by atoms with E-state index in [1.807, 2.05) is 61.5 Å². The summed E-state index contributed by atoms with van der Waals surface area (Å²) in [6, 6.07) is 17.1. The van der Waals surface area contributed by atoms with Gasteiger partial charge in [-0.3, -0.25) is 4.79 Å². The zero-order chi connectivity index (χ0) is 21.8. The highest BCUT2D eigenvalue weighted by Gasteiger charge is 2.19. The van der Waals surface area contributed by atoms with Crippen LogP contribution in [0.1, 0.15) is 16.5 Å². The molecule has 2 aromatic carbocycles. The summed E-state index contributed by atoms with van der Waals surface area (Å²) in [5, 5.41) is 17.1. The predicted molar refractivity (Wildman–Crippen MR) is 126 cm³/mol. The minimum absolute atomic E-state index is 0.0724. The third kappa shape index (κ3) is 4.33. The van der Waals surface area contributed by atoms with E-state index in [9.17, 15) is 9.90 Å². The average Bonchev–Trinajstić information content (AvgIpc) is 3.14. The van der Waals surface area contributed by atoms with Gasteiger partial charge in [0.05, 0.1) is 18.0 Å². The van der Waals surface area contributed by atoms with E-state index in [0.717, 1.165) is 31.8 Å². The summed E-state index contributed by atoms with van der Waals surface area (Å²) in [6.45, 7) is 5.47. The first kappa shape index (κ1) is 20.7. The third-order valence-electron chi connectivity index (χ3n) is 4.96. The van der Waals surface area contributed by atoms with Crippen molar-refractivity contribution in [1.82, 2.24) is 9.97 Å². The molecule has 0 spiro atoms. The number of fused-ring (bicyclic) bond motifs is 1. The number of thiophene rings is 1. The zero-order valence-corrected chi connectivity index (χ0v) is 17.8. The molecule has 0 aliphatic carbocycles. The average molecular weight is 431 g/mol. The summed E-state index contributed by atoms with van der Waals surface area (Å²) in [7, 11) is 0. The minimum atomic E-state index is -0.300. The molecule has 0 aliphatic heterocycles. The number of aromatic nitrogens is 2. The van der Waals surface area contributed by atoms with Gasteiger partial charge >= 0.3 is 0 Å². The van der Waals surface area contributed by atoms with Gasteiger partial charge in [-0.2, -0.15) is 0 Å². The molecule has 0 radical (unpaired) electrons. The number of aryl methyl sites for hydroxylation is 1. The van der Waals surface area contributed by atoms with Gasteiger partial charge in [0.2, 0.25) is 5.91 Å². The summed E-state index contributed by atoms with van der Waals surface area (Å²) >= 11 is 1.59. The summed E-state index contributed by atoms with van der Waals surface area (Å²) in [5.41, 5.74) is 3.61. The van der Waals surface area contributed by atoms with E-state index >= 15 is 0 Å². The van der Waals surface area contributed by atoms with Gasteiger partial charge in [0, 0.05) is 16.1 Å². The van der Waals surface area contributed by atoms with Gasteiger partial charge in [-0.05, 0) is 36.3 Å². The van der Waals surface area contributed by atoms with E-state index < -0.39 is 0 Å². The maximum atomic E-state index is 11.7. The highest BCUT2D eigenvalue weighted by Crippen LogP contribution is 2.41. The standard InChI is InChI=1S/C24H22N4O2S/c1-3-20(30)27-18-11-7-10-17(12-18)21-15(2)31-24-22(21)23(25-14-26-24)28-19(13-29)16-8-5-4-6-9-16/h3-12,14,19,29H,1,13H2,2H3,(H,27,30)(H,25,26,28)/t19-/m1/s1. The smallest absolute Gasteiger partial charge is 0.247 e. The van der Waals surface area contributed by atoms with E-state index in [0.29, 0.717) is 11.5 Å². The second kappa shape index (κ2) is 9.07. The van der Waals surface area contributed by atoms with Crippen LogP contribution in [0.25, 0.3) is 21.3 Å². The summed E-state index contributed by atoms with van der Waals surface area (Å²) in [6.07, 6.45) is 2.77. The number of hydrogen-bond acceptors (Lipinski definition) is 6. The highest BCUT2D eigenvalue weighted by molar-refractivity contribution is 7.19. The van der Waals surface area contributed by atoms with Gasteiger partial charge in [-0.25, -0.2) is 9.97 Å². The fraction of sp³-hybridized carbons (Fsp3) is 0.125. The summed E-state index contributed by atoms with van der Waals surface area (Å²) < 4.78 is 0. The zero-order valence-electron chi connectivity index (χ0n) is 17.0. The summed E-state index contributed by atoms with van der Waals surface area (Å²) in [5.74, 6) is 0.399. The molecular formula is C24H22N4O2S. The molecule has 0 aliphatic rings. The number of amides is 1. The molecule has 6 nitrogen and oxygen atoms in total. The first-order valence-corrected chi connectivity index (χ1v) is 10.6. The molecule has 2 heterocycles. The Hall–Kier alpha value is -3.55. The first-order chi connectivity index (χ1) is 15.1. The number of hydrogen-bond donors (Lipinski definition) is 3. The lowest BCUT2D eigenvalue weighted by Gasteiger charge is -2.18. The van der Waals surface area contributed by atoms with Crippen molar-refractivity contribution < 1.29 is 9.90 Å². The van der Waals surface area contributed by atoms with Crippen molar-refractivity contribution in [2.24, 2.45) is 0 Å².